The zero-order valence-corrected chi connectivity index (χ0v) is 36.0. The van der Waals surface area contributed by atoms with E-state index in [4.69, 9.17) is 4.42 Å². The van der Waals surface area contributed by atoms with Crippen LogP contribution in [0.2, 0.25) is 0 Å². The number of hydrogen-bond donors (Lipinski definition) is 0. The largest absolute Gasteiger partial charge is 0.455 e. The van der Waals surface area contributed by atoms with Crippen molar-refractivity contribution in [3.63, 3.8) is 0 Å². The predicted molar refractivity (Wildman–Crippen MR) is 280 cm³/mol. The Kier molecular flexibility index (Phi) is 8.89. The number of benzene rings is 12. The Morgan fingerprint density at radius 1 is 0.273 bits per heavy atom. The zero-order valence-electron chi connectivity index (χ0n) is 36.0. The summed E-state index contributed by atoms with van der Waals surface area (Å²) >= 11 is 0. The van der Waals surface area contributed by atoms with Crippen LogP contribution < -0.4 is 4.90 Å². The van der Waals surface area contributed by atoms with Gasteiger partial charge in [0.2, 0.25) is 0 Å². The van der Waals surface area contributed by atoms with Crippen molar-refractivity contribution in [2.24, 2.45) is 0 Å². The van der Waals surface area contributed by atoms with Gasteiger partial charge in [-0.2, -0.15) is 0 Å². The summed E-state index contributed by atoms with van der Waals surface area (Å²) in [6, 6.07) is 90.3. The molecule has 0 atom stereocenters. The van der Waals surface area contributed by atoms with Crippen molar-refractivity contribution in [1.82, 2.24) is 0 Å². The van der Waals surface area contributed by atoms with Crippen LogP contribution in [0.15, 0.2) is 253 Å². The van der Waals surface area contributed by atoms with Crippen LogP contribution in [0.4, 0.5) is 17.1 Å². The van der Waals surface area contributed by atoms with Gasteiger partial charge in [0.15, 0.2) is 0 Å². The van der Waals surface area contributed by atoms with Gasteiger partial charge in [-0.15, -0.1) is 0 Å². The molecule has 2 nitrogen and oxygen atoms in total. The van der Waals surface area contributed by atoms with Gasteiger partial charge in [0.1, 0.15) is 11.2 Å². The third-order valence-corrected chi connectivity index (χ3v) is 13.4. The van der Waals surface area contributed by atoms with Gasteiger partial charge < -0.3 is 9.32 Å². The lowest BCUT2D eigenvalue weighted by Crippen LogP contribution is -2.10. The highest BCUT2D eigenvalue weighted by Gasteiger charge is 2.22. The minimum Gasteiger partial charge on any atom is -0.455 e. The van der Waals surface area contributed by atoms with E-state index in [-0.39, 0.29) is 0 Å². The Hall–Kier alpha value is -8.72. The first kappa shape index (κ1) is 37.8. The number of fused-ring (bicyclic) bond motifs is 9. The molecule has 0 saturated heterocycles. The lowest BCUT2D eigenvalue weighted by molar-refractivity contribution is 0.672. The average Bonchev–Trinajstić information content (AvgIpc) is 3.79. The molecule has 0 spiro atoms. The molecular weight excluding hydrogens is 799 g/mol. The number of rotatable bonds is 7. The Morgan fingerprint density at radius 3 is 1.61 bits per heavy atom. The Balaban J connectivity index is 1.02. The van der Waals surface area contributed by atoms with E-state index < -0.39 is 0 Å². The highest BCUT2D eigenvalue weighted by Crippen LogP contribution is 2.48. The van der Waals surface area contributed by atoms with Crippen LogP contribution in [0.1, 0.15) is 0 Å². The van der Waals surface area contributed by atoms with Gasteiger partial charge in [-0.1, -0.05) is 194 Å². The van der Waals surface area contributed by atoms with Gasteiger partial charge in [0, 0.05) is 22.1 Å². The molecule has 13 aromatic rings. The standard InChI is InChI=1S/C64H41NO/c1-3-17-45(18-4-1)61-56-26-12-11-25-54(56)55-37-34-50(41-58(55)62(61)46-19-5-2-6-20-46)48-22-13-23-52(40-48)65(51-35-31-43(32-36-51)49-30-29-42-15-7-8-21-47(42)39-49)59-27-14-28-60-63(59)57-38-33-44-16-9-10-24-53(44)64(57)66-60/h1-41H. The highest BCUT2D eigenvalue weighted by molar-refractivity contribution is 6.23. The molecule has 0 radical (unpaired) electrons. The summed E-state index contributed by atoms with van der Waals surface area (Å²) in [6.07, 6.45) is 0. The van der Waals surface area contributed by atoms with E-state index in [1.165, 1.54) is 65.7 Å². The van der Waals surface area contributed by atoms with Crippen LogP contribution in [0, 0.1) is 0 Å². The maximum absolute atomic E-state index is 6.77. The van der Waals surface area contributed by atoms with E-state index in [1.807, 2.05) is 0 Å². The van der Waals surface area contributed by atoms with Crippen molar-refractivity contribution in [2.45, 2.75) is 0 Å². The summed E-state index contributed by atoms with van der Waals surface area (Å²) in [4.78, 5) is 2.40. The number of furan rings is 1. The van der Waals surface area contributed by atoms with Gasteiger partial charge in [0.05, 0.1) is 11.1 Å². The quantitative estimate of drug-likeness (QED) is 0.149. The van der Waals surface area contributed by atoms with Crippen molar-refractivity contribution >= 4 is 82.1 Å². The normalized spacial score (nSPS) is 11.6. The van der Waals surface area contributed by atoms with Crippen molar-refractivity contribution in [2.75, 3.05) is 4.90 Å². The SMILES string of the molecule is c1ccc(-c2c(-c3ccccc3)c3cc(-c4cccc(N(c5ccc(-c6ccc7ccccc7c6)cc5)c5cccc6oc7c8ccccc8ccc7c56)c4)ccc3c3ccccc23)cc1. The van der Waals surface area contributed by atoms with E-state index in [9.17, 15) is 0 Å². The van der Waals surface area contributed by atoms with Crippen LogP contribution in [0.5, 0.6) is 0 Å². The van der Waals surface area contributed by atoms with Gasteiger partial charge in [-0.05, 0) is 137 Å². The third-order valence-electron chi connectivity index (χ3n) is 13.4. The molecule has 0 aliphatic rings. The molecule has 13 rings (SSSR count). The van der Waals surface area contributed by atoms with Crippen molar-refractivity contribution in [1.29, 1.82) is 0 Å². The maximum Gasteiger partial charge on any atom is 0.143 e. The van der Waals surface area contributed by atoms with Gasteiger partial charge >= 0.3 is 0 Å². The fraction of sp³-hybridized carbons (Fsp3) is 0. The molecule has 0 unspecified atom stereocenters. The molecule has 1 aromatic heterocycles. The lowest BCUT2D eigenvalue weighted by Gasteiger charge is -2.27. The third kappa shape index (κ3) is 6.26. The van der Waals surface area contributed by atoms with Crippen LogP contribution in [-0.4, -0.2) is 0 Å². The molecule has 66 heavy (non-hydrogen) atoms. The first-order chi connectivity index (χ1) is 32.7. The fourth-order valence-electron chi connectivity index (χ4n) is 10.3. The molecule has 0 amide bonds. The van der Waals surface area contributed by atoms with Gasteiger partial charge in [-0.25, -0.2) is 0 Å². The maximum atomic E-state index is 6.77. The van der Waals surface area contributed by atoms with Crippen LogP contribution in [-0.2, 0) is 0 Å². The molecular formula is C64H41NO. The van der Waals surface area contributed by atoms with Crippen LogP contribution in [0.3, 0.4) is 0 Å². The predicted octanol–water partition coefficient (Wildman–Crippen LogP) is 18.3. The summed E-state index contributed by atoms with van der Waals surface area (Å²) in [5.41, 5.74) is 14.5. The van der Waals surface area contributed by atoms with Gasteiger partial charge in [-0.3, -0.25) is 0 Å². The molecule has 308 valence electrons. The number of hydrogen-bond acceptors (Lipinski definition) is 2. The Labute approximate surface area is 382 Å². The molecule has 0 saturated carbocycles. The van der Waals surface area contributed by atoms with E-state index in [1.54, 1.807) is 0 Å². The smallest absolute Gasteiger partial charge is 0.143 e. The summed E-state index contributed by atoms with van der Waals surface area (Å²) < 4.78 is 6.77. The van der Waals surface area contributed by atoms with Crippen molar-refractivity contribution in [3.05, 3.63) is 249 Å². The number of anilines is 3. The minimum atomic E-state index is 0.859. The molecule has 1 heterocycles. The summed E-state index contributed by atoms with van der Waals surface area (Å²) in [6.45, 7) is 0. The van der Waals surface area contributed by atoms with Crippen molar-refractivity contribution < 1.29 is 4.42 Å². The molecule has 0 fully saturated rings. The molecule has 0 bridgehead atoms. The molecule has 0 N–H and O–H groups in total. The second-order valence-electron chi connectivity index (χ2n) is 17.2. The Morgan fingerprint density at radius 2 is 0.818 bits per heavy atom. The Bertz CT molecular complexity index is 3980. The second-order valence-corrected chi connectivity index (χ2v) is 17.2. The first-order valence-electron chi connectivity index (χ1n) is 22.7. The van der Waals surface area contributed by atoms with E-state index in [2.05, 4.69) is 254 Å². The topological polar surface area (TPSA) is 16.4 Å². The van der Waals surface area contributed by atoms with Crippen LogP contribution >= 0.6 is 0 Å². The van der Waals surface area contributed by atoms with E-state index in [0.717, 1.165) is 60.9 Å². The second kappa shape index (κ2) is 15.5. The van der Waals surface area contributed by atoms with E-state index >= 15 is 0 Å². The monoisotopic (exact) mass is 839 g/mol. The zero-order chi connectivity index (χ0) is 43.6. The molecule has 0 aliphatic carbocycles. The van der Waals surface area contributed by atoms with Crippen LogP contribution in [0.25, 0.3) is 110 Å². The summed E-state index contributed by atoms with van der Waals surface area (Å²) in [5, 5.41) is 11.9. The first-order valence-corrected chi connectivity index (χ1v) is 22.7. The highest BCUT2D eigenvalue weighted by atomic mass is 16.3. The average molecular weight is 840 g/mol. The summed E-state index contributed by atoms with van der Waals surface area (Å²) in [5.74, 6) is 0. The van der Waals surface area contributed by atoms with Crippen molar-refractivity contribution in [3.8, 4) is 44.5 Å². The molecule has 12 aromatic carbocycles. The molecule has 2 heteroatoms. The fourth-order valence-corrected chi connectivity index (χ4v) is 10.3. The lowest BCUT2D eigenvalue weighted by atomic mass is 9.84. The summed E-state index contributed by atoms with van der Waals surface area (Å²) in [7, 11) is 0. The minimum absolute atomic E-state index is 0.859. The number of nitrogens with zero attached hydrogens (tertiary/aromatic N) is 1. The van der Waals surface area contributed by atoms with E-state index in [0.29, 0.717) is 0 Å². The molecule has 0 aliphatic heterocycles. The van der Waals surface area contributed by atoms with Gasteiger partial charge in [0.25, 0.3) is 0 Å².